The molecule has 0 unspecified atom stereocenters. The van der Waals surface area contributed by atoms with E-state index in [1.165, 1.54) is 0 Å². The molecule has 0 saturated carbocycles. The van der Waals surface area contributed by atoms with Crippen LogP contribution in [-0.4, -0.2) is 26.3 Å². The number of nitrogens with one attached hydrogen (secondary N) is 1. The molecule has 21 heavy (non-hydrogen) atoms. The van der Waals surface area contributed by atoms with Gasteiger partial charge in [0.15, 0.2) is 0 Å². The van der Waals surface area contributed by atoms with E-state index in [9.17, 15) is 0 Å². The van der Waals surface area contributed by atoms with Crippen LogP contribution in [0.25, 0.3) is 0 Å². The standard InChI is InChI=1S/C15H18N6/c1-2-14-19-20-15-6-4-12(10-21(14)15)9-18-13-5-3-11(7-16)8-17-13/h3,5,8,12H,2,4,6,9-10H2,1H3,(H,17,18)/t12-/m0/s1. The third-order valence-electron chi connectivity index (χ3n) is 3.90. The maximum atomic E-state index is 8.76. The van der Waals surface area contributed by atoms with Crippen LogP contribution in [0.15, 0.2) is 18.3 Å². The second kappa shape index (κ2) is 5.92. The fraction of sp³-hybridized carbons (Fsp3) is 0.467. The molecule has 2 aromatic heterocycles. The average Bonchev–Trinajstić information content (AvgIpc) is 2.95. The molecule has 3 heterocycles. The number of anilines is 1. The number of hydrogen-bond donors (Lipinski definition) is 1. The summed E-state index contributed by atoms with van der Waals surface area (Å²) in [5, 5.41) is 20.6. The van der Waals surface area contributed by atoms with Crippen molar-refractivity contribution < 1.29 is 0 Å². The number of nitrogens with zero attached hydrogens (tertiary/aromatic N) is 5. The minimum absolute atomic E-state index is 0.552. The molecule has 0 amide bonds. The smallest absolute Gasteiger partial charge is 0.133 e. The predicted molar refractivity (Wildman–Crippen MR) is 78.7 cm³/mol. The van der Waals surface area contributed by atoms with Crippen molar-refractivity contribution in [2.24, 2.45) is 5.92 Å². The zero-order valence-electron chi connectivity index (χ0n) is 12.1. The van der Waals surface area contributed by atoms with Crippen molar-refractivity contribution in [3.05, 3.63) is 35.5 Å². The van der Waals surface area contributed by atoms with Crippen LogP contribution in [0.3, 0.4) is 0 Å². The highest BCUT2D eigenvalue weighted by molar-refractivity contribution is 5.38. The van der Waals surface area contributed by atoms with E-state index >= 15 is 0 Å². The third kappa shape index (κ3) is 2.87. The van der Waals surface area contributed by atoms with Gasteiger partial charge in [-0.2, -0.15) is 5.26 Å². The van der Waals surface area contributed by atoms with Crippen molar-refractivity contribution in [3.63, 3.8) is 0 Å². The lowest BCUT2D eigenvalue weighted by Gasteiger charge is -2.24. The molecule has 0 saturated heterocycles. The van der Waals surface area contributed by atoms with Crippen LogP contribution in [0.4, 0.5) is 5.82 Å². The number of nitriles is 1. The molecule has 2 aromatic rings. The SMILES string of the molecule is CCc1nnc2n1C[C@H](CNc1ccc(C#N)cn1)CC2. The molecule has 1 aliphatic heterocycles. The Balaban J connectivity index is 1.60. The molecule has 0 aliphatic carbocycles. The molecule has 1 N–H and O–H groups in total. The highest BCUT2D eigenvalue weighted by atomic mass is 15.3. The van der Waals surface area contributed by atoms with E-state index in [0.29, 0.717) is 11.5 Å². The van der Waals surface area contributed by atoms with Crippen molar-refractivity contribution >= 4 is 5.82 Å². The highest BCUT2D eigenvalue weighted by Gasteiger charge is 2.22. The average molecular weight is 282 g/mol. The Kier molecular flexibility index (Phi) is 3.82. The number of rotatable bonds is 4. The van der Waals surface area contributed by atoms with Crippen LogP contribution in [0.5, 0.6) is 0 Å². The summed E-state index contributed by atoms with van der Waals surface area (Å²) in [5.41, 5.74) is 0.583. The van der Waals surface area contributed by atoms with Crippen molar-refractivity contribution in [2.45, 2.75) is 32.7 Å². The van der Waals surface area contributed by atoms with Gasteiger partial charge in [0, 0.05) is 32.1 Å². The molecule has 1 atom stereocenters. The summed E-state index contributed by atoms with van der Waals surface area (Å²) in [7, 11) is 0. The van der Waals surface area contributed by atoms with Crippen molar-refractivity contribution in [1.29, 1.82) is 5.26 Å². The third-order valence-corrected chi connectivity index (χ3v) is 3.90. The summed E-state index contributed by atoms with van der Waals surface area (Å²) in [6.45, 7) is 3.95. The summed E-state index contributed by atoms with van der Waals surface area (Å²) >= 11 is 0. The molecule has 0 radical (unpaired) electrons. The summed E-state index contributed by atoms with van der Waals surface area (Å²) in [6.07, 6.45) is 4.62. The van der Waals surface area contributed by atoms with Gasteiger partial charge < -0.3 is 9.88 Å². The van der Waals surface area contributed by atoms with Crippen LogP contribution in [0.1, 0.15) is 30.6 Å². The maximum absolute atomic E-state index is 8.76. The fourth-order valence-electron chi connectivity index (χ4n) is 2.69. The largest absolute Gasteiger partial charge is 0.370 e. The molecular formula is C15H18N6. The first-order valence-electron chi connectivity index (χ1n) is 7.31. The number of pyridine rings is 1. The maximum Gasteiger partial charge on any atom is 0.133 e. The van der Waals surface area contributed by atoms with Gasteiger partial charge >= 0.3 is 0 Å². The van der Waals surface area contributed by atoms with Crippen molar-refractivity contribution in [1.82, 2.24) is 19.7 Å². The normalized spacial score (nSPS) is 17.0. The minimum atomic E-state index is 0.552. The minimum Gasteiger partial charge on any atom is -0.370 e. The molecule has 6 heteroatoms. The van der Waals surface area contributed by atoms with Gasteiger partial charge in [-0.15, -0.1) is 10.2 Å². The van der Waals surface area contributed by atoms with Crippen LogP contribution in [-0.2, 0) is 19.4 Å². The zero-order chi connectivity index (χ0) is 14.7. The Morgan fingerprint density at radius 3 is 3.05 bits per heavy atom. The van der Waals surface area contributed by atoms with E-state index in [1.54, 1.807) is 12.3 Å². The van der Waals surface area contributed by atoms with Gasteiger partial charge in [-0.05, 0) is 24.5 Å². The van der Waals surface area contributed by atoms with Gasteiger partial charge in [-0.1, -0.05) is 6.92 Å². The van der Waals surface area contributed by atoms with Crippen LogP contribution in [0.2, 0.25) is 0 Å². The summed E-state index contributed by atoms with van der Waals surface area (Å²) < 4.78 is 2.25. The van der Waals surface area contributed by atoms with Gasteiger partial charge in [0.1, 0.15) is 23.5 Å². The number of aryl methyl sites for hydroxylation is 2. The fourth-order valence-corrected chi connectivity index (χ4v) is 2.69. The second-order valence-electron chi connectivity index (χ2n) is 5.33. The van der Waals surface area contributed by atoms with Gasteiger partial charge in [0.2, 0.25) is 0 Å². The molecule has 0 fully saturated rings. The first-order valence-corrected chi connectivity index (χ1v) is 7.31. The lowest BCUT2D eigenvalue weighted by Crippen LogP contribution is -2.27. The molecule has 0 spiro atoms. The zero-order valence-corrected chi connectivity index (χ0v) is 12.1. The molecule has 0 aromatic carbocycles. The first-order chi connectivity index (χ1) is 10.3. The number of hydrogen-bond acceptors (Lipinski definition) is 5. The second-order valence-corrected chi connectivity index (χ2v) is 5.33. The van der Waals surface area contributed by atoms with Crippen LogP contribution in [0, 0.1) is 17.2 Å². The Labute approximate surface area is 123 Å². The topological polar surface area (TPSA) is 79.4 Å². The molecule has 6 nitrogen and oxygen atoms in total. The molecule has 1 aliphatic rings. The Hall–Kier alpha value is -2.42. The molecular weight excluding hydrogens is 264 g/mol. The van der Waals surface area contributed by atoms with Crippen molar-refractivity contribution in [3.8, 4) is 6.07 Å². The van der Waals surface area contributed by atoms with Gasteiger partial charge in [0.05, 0.1) is 5.56 Å². The number of aromatic nitrogens is 4. The molecule has 3 rings (SSSR count). The molecule has 0 bridgehead atoms. The quantitative estimate of drug-likeness (QED) is 0.924. The van der Waals surface area contributed by atoms with Gasteiger partial charge in [-0.25, -0.2) is 4.98 Å². The van der Waals surface area contributed by atoms with E-state index in [1.807, 2.05) is 6.07 Å². The Morgan fingerprint density at radius 1 is 1.43 bits per heavy atom. The Bertz CT molecular complexity index is 638. The van der Waals surface area contributed by atoms with E-state index in [4.69, 9.17) is 5.26 Å². The van der Waals surface area contributed by atoms with E-state index in [-0.39, 0.29) is 0 Å². The Morgan fingerprint density at radius 2 is 2.33 bits per heavy atom. The lowest BCUT2D eigenvalue weighted by atomic mass is 9.99. The summed E-state index contributed by atoms with van der Waals surface area (Å²) in [5.74, 6) is 3.56. The monoisotopic (exact) mass is 282 g/mol. The lowest BCUT2D eigenvalue weighted by molar-refractivity contribution is 0.374. The molecule has 108 valence electrons. The van der Waals surface area contributed by atoms with E-state index < -0.39 is 0 Å². The summed E-state index contributed by atoms with van der Waals surface area (Å²) in [6, 6.07) is 5.70. The number of fused-ring (bicyclic) bond motifs is 1. The summed E-state index contributed by atoms with van der Waals surface area (Å²) in [4.78, 5) is 4.24. The first kappa shape index (κ1) is 13.6. The predicted octanol–water partition coefficient (Wildman–Crippen LogP) is 1.78. The highest BCUT2D eigenvalue weighted by Crippen LogP contribution is 2.20. The van der Waals surface area contributed by atoms with E-state index in [2.05, 4.69) is 38.1 Å². The van der Waals surface area contributed by atoms with E-state index in [0.717, 1.165) is 49.8 Å². The van der Waals surface area contributed by atoms with Crippen LogP contribution >= 0.6 is 0 Å². The van der Waals surface area contributed by atoms with Crippen molar-refractivity contribution in [2.75, 3.05) is 11.9 Å². The van der Waals surface area contributed by atoms with Crippen LogP contribution < -0.4 is 5.32 Å². The van der Waals surface area contributed by atoms with Gasteiger partial charge in [-0.3, -0.25) is 0 Å². The van der Waals surface area contributed by atoms with Gasteiger partial charge in [0.25, 0.3) is 0 Å².